The minimum Gasteiger partial charge on any atom is -0.289 e. The van der Waals surface area contributed by atoms with Crippen LogP contribution in [0.15, 0.2) is 64.9 Å². The fraction of sp³-hybridized carbons (Fsp3) is 0.100. The Morgan fingerprint density at radius 3 is 2.15 bits per heavy atom. The van der Waals surface area contributed by atoms with Crippen molar-refractivity contribution in [2.24, 2.45) is 0 Å². The Morgan fingerprint density at radius 1 is 0.815 bits per heavy atom. The lowest BCUT2D eigenvalue weighted by Crippen LogP contribution is -2.27. The number of nitrogens with one attached hydrogen (secondary N) is 1. The average molecular weight is 397 g/mol. The summed E-state index contributed by atoms with van der Waals surface area (Å²) in [5.41, 5.74) is 1.01. The molecule has 2 aromatic carbocycles. The van der Waals surface area contributed by atoms with Crippen molar-refractivity contribution in [3.05, 3.63) is 87.1 Å². The van der Waals surface area contributed by atoms with Gasteiger partial charge in [-0.25, -0.2) is 13.1 Å². The summed E-state index contributed by atoms with van der Waals surface area (Å²) in [6.45, 7) is 0.260. The van der Waals surface area contributed by atoms with E-state index < -0.39 is 10.0 Å². The lowest BCUT2D eigenvalue weighted by molar-refractivity contribution is 0.0979. The van der Waals surface area contributed by atoms with Gasteiger partial charge in [-0.1, -0.05) is 30.3 Å². The zero-order chi connectivity index (χ0) is 19.0. The lowest BCUT2D eigenvalue weighted by Gasteiger charge is -2.18. The Morgan fingerprint density at radius 2 is 1.48 bits per heavy atom. The quantitative estimate of drug-likeness (QED) is 0.561. The standard InChI is InChI=1S/C20H15NO4S2/c22-19-15-5-1-2-6-16(15)20(23)18-12-14(7-8-17(18)19)27(24,25)21-10-9-13-4-3-11-26-13/h1-8,11-12,21H,9-10H2. The topological polar surface area (TPSA) is 80.3 Å². The van der Waals surface area contributed by atoms with E-state index in [-0.39, 0.29) is 34.1 Å². The van der Waals surface area contributed by atoms with Crippen LogP contribution in [0.25, 0.3) is 0 Å². The van der Waals surface area contributed by atoms with Gasteiger partial charge in [-0.2, -0.15) is 0 Å². The van der Waals surface area contributed by atoms with Crippen molar-refractivity contribution in [1.82, 2.24) is 4.72 Å². The molecule has 0 bridgehead atoms. The molecule has 0 fully saturated rings. The predicted molar refractivity (Wildman–Crippen MR) is 103 cm³/mol. The molecular formula is C20H15NO4S2. The number of thiophene rings is 1. The second-order valence-corrected chi connectivity index (χ2v) is 8.94. The first-order valence-corrected chi connectivity index (χ1v) is 10.7. The third-order valence-corrected chi connectivity index (χ3v) is 6.85. The number of sulfonamides is 1. The number of rotatable bonds is 5. The van der Waals surface area contributed by atoms with Crippen molar-refractivity contribution in [2.45, 2.75) is 11.3 Å². The van der Waals surface area contributed by atoms with E-state index in [9.17, 15) is 18.0 Å². The maximum absolute atomic E-state index is 12.7. The summed E-state index contributed by atoms with van der Waals surface area (Å²) >= 11 is 1.56. The highest BCUT2D eigenvalue weighted by Crippen LogP contribution is 2.28. The summed E-state index contributed by atoms with van der Waals surface area (Å²) in [6.07, 6.45) is 0.590. The number of ketones is 2. The molecule has 0 saturated carbocycles. The molecule has 4 rings (SSSR count). The molecule has 3 aromatic rings. The molecule has 0 unspecified atom stereocenters. The minimum atomic E-state index is -3.77. The van der Waals surface area contributed by atoms with E-state index in [4.69, 9.17) is 0 Å². The number of benzene rings is 2. The molecule has 0 atom stereocenters. The zero-order valence-electron chi connectivity index (χ0n) is 14.1. The largest absolute Gasteiger partial charge is 0.289 e. The second-order valence-electron chi connectivity index (χ2n) is 6.14. The van der Waals surface area contributed by atoms with Crippen LogP contribution in [0.5, 0.6) is 0 Å². The van der Waals surface area contributed by atoms with Crippen molar-refractivity contribution in [3.63, 3.8) is 0 Å². The average Bonchev–Trinajstić information content (AvgIpc) is 3.19. The SMILES string of the molecule is O=C1c2ccccc2C(=O)c2cc(S(=O)(=O)NCCc3cccs3)ccc21. The second kappa shape index (κ2) is 6.84. The van der Waals surface area contributed by atoms with E-state index in [2.05, 4.69) is 4.72 Å². The molecular weight excluding hydrogens is 382 g/mol. The Balaban J connectivity index is 1.62. The van der Waals surface area contributed by atoms with Gasteiger partial charge in [0.2, 0.25) is 10.0 Å². The van der Waals surface area contributed by atoms with Crippen LogP contribution in [0, 0.1) is 0 Å². The summed E-state index contributed by atoms with van der Waals surface area (Å²) in [5, 5.41) is 1.94. The Labute approximate surface area is 160 Å². The molecule has 7 heteroatoms. The predicted octanol–water partition coefficient (Wildman–Crippen LogP) is 3.04. The highest BCUT2D eigenvalue weighted by molar-refractivity contribution is 7.89. The Kier molecular flexibility index (Phi) is 4.51. The zero-order valence-corrected chi connectivity index (χ0v) is 15.8. The van der Waals surface area contributed by atoms with Crippen LogP contribution in [0.2, 0.25) is 0 Å². The molecule has 27 heavy (non-hydrogen) atoms. The van der Waals surface area contributed by atoms with E-state index in [1.807, 2.05) is 17.5 Å². The van der Waals surface area contributed by atoms with Crippen molar-refractivity contribution < 1.29 is 18.0 Å². The molecule has 1 aliphatic rings. The molecule has 0 spiro atoms. The van der Waals surface area contributed by atoms with E-state index in [0.717, 1.165) is 4.88 Å². The lowest BCUT2D eigenvalue weighted by atomic mass is 9.84. The van der Waals surface area contributed by atoms with E-state index in [1.165, 1.54) is 18.2 Å². The van der Waals surface area contributed by atoms with Crippen LogP contribution in [-0.2, 0) is 16.4 Å². The first kappa shape index (κ1) is 17.8. The monoisotopic (exact) mass is 397 g/mol. The highest BCUT2D eigenvalue weighted by atomic mass is 32.2. The van der Waals surface area contributed by atoms with Gasteiger partial charge in [0.15, 0.2) is 11.6 Å². The molecule has 1 N–H and O–H groups in total. The van der Waals surface area contributed by atoms with E-state index >= 15 is 0 Å². The first-order chi connectivity index (χ1) is 13.0. The fourth-order valence-corrected chi connectivity index (χ4v) is 4.86. The third-order valence-electron chi connectivity index (χ3n) is 4.45. The fourth-order valence-electron chi connectivity index (χ4n) is 3.09. The van der Waals surface area contributed by atoms with Crippen molar-refractivity contribution in [1.29, 1.82) is 0 Å². The van der Waals surface area contributed by atoms with Crippen LogP contribution >= 0.6 is 11.3 Å². The van der Waals surface area contributed by atoms with Gasteiger partial charge in [0.05, 0.1) is 4.90 Å². The number of hydrogen-bond donors (Lipinski definition) is 1. The molecule has 0 radical (unpaired) electrons. The van der Waals surface area contributed by atoms with Gasteiger partial charge < -0.3 is 0 Å². The van der Waals surface area contributed by atoms with Crippen LogP contribution < -0.4 is 4.72 Å². The van der Waals surface area contributed by atoms with Gasteiger partial charge in [0, 0.05) is 33.7 Å². The molecule has 0 saturated heterocycles. The Bertz CT molecular complexity index is 1150. The van der Waals surface area contributed by atoms with E-state index in [0.29, 0.717) is 17.5 Å². The summed E-state index contributed by atoms with van der Waals surface area (Å²) < 4.78 is 27.7. The third kappa shape index (κ3) is 3.25. The van der Waals surface area contributed by atoms with Crippen molar-refractivity contribution in [3.8, 4) is 0 Å². The number of carbonyl (C=O) groups excluding carboxylic acids is 2. The number of hydrogen-bond acceptors (Lipinski definition) is 5. The van der Waals surface area contributed by atoms with Gasteiger partial charge in [-0.05, 0) is 36.1 Å². The van der Waals surface area contributed by atoms with Gasteiger partial charge in [-0.15, -0.1) is 11.3 Å². The first-order valence-electron chi connectivity index (χ1n) is 8.32. The van der Waals surface area contributed by atoms with Gasteiger partial charge in [-0.3, -0.25) is 9.59 Å². The molecule has 1 aromatic heterocycles. The van der Waals surface area contributed by atoms with Crippen molar-refractivity contribution in [2.75, 3.05) is 6.54 Å². The van der Waals surface area contributed by atoms with Crippen LogP contribution in [-0.4, -0.2) is 26.5 Å². The maximum Gasteiger partial charge on any atom is 0.240 e. The number of carbonyl (C=O) groups is 2. The van der Waals surface area contributed by atoms with Crippen molar-refractivity contribution >= 4 is 32.9 Å². The summed E-state index contributed by atoms with van der Waals surface area (Å²) in [5.74, 6) is -0.606. The smallest absolute Gasteiger partial charge is 0.240 e. The van der Waals surface area contributed by atoms with Gasteiger partial charge in [0.1, 0.15) is 0 Å². The van der Waals surface area contributed by atoms with E-state index in [1.54, 1.807) is 35.6 Å². The normalized spacial score (nSPS) is 13.3. The summed E-state index contributed by atoms with van der Waals surface area (Å²) in [4.78, 5) is 26.4. The molecule has 5 nitrogen and oxygen atoms in total. The molecule has 1 aliphatic carbocycles. The summed E-state index contributed by atoms with van der Waals surface area (Å²) in [6, 6.07) is 14.5. The molecule has 0 aliphatic heterocycles. The van der Waals surface area contributed by atoms with Gasteiger partial charge in [0.25, 0.3) is 0 Å². The van der Waals surface area contributed by atoms with Crippen LogP contribution in [0.4, 0.5) is 0 Å². The Hall–Kier alpha value is -2.61. The maximum atomic E-state index is 12.7. The highest BCUT2D eigenvalue weighted by Gasteiger charge is 2.30. The summed E-state index contributed by atoms with van der Waals surface area (Å²) in [7, 11) is -3.77. The molecule has 0 amide bonds. The minimum absolute atomic E-state index is 0.0204. The number of fused-ring (bicyclic) bond motifs is 2. The molecule has 136 valence electrons. The van der Waals surface area contributed by atoms with Crippen LogP contribution in [0.3, 0.4) is 0 Å². The van der Waals surface area contributed by atoms with Crippen LogP contribution in [0.1, 0.15) is 36.7 Å². The molecule has 1 heterocycles. The van der Waals surface area contributed by atoms with Gasteiger partial charge >= 0.3 is 0 Å².